The van der Waals surface area contributed by atoms with Crippen molar-refractivity contribution in [2.45, 2.75) is 77.7 Å². The molecule has 0 radical (unpaired) electrons. The van der Waals surface area contributed by atoms with E-state index in [9.17, 15) is 13.5 Å². The lowest BCUT2D eigenvalue weighted by molar-refractivity contribution is 0.179. The summed E-state index contributed by atoms with van der Waals surface area (Å²) in [7, 11) is -3.52. The van der Waals surface area contributed by atoms with Crippen LogP contribution < -0.4 is 0 Å². The Kier molecular flexibility index (Phi) is 11.1. The fourth-order valence-corrected chi connectivity index (χ4v) is 5.57. The van der Waals surface area contributed by atoms with Crippen molar-refractivity contribution in [2.24, 2.45) is 5.92 Å². The maximum atomic E-state index is 12.9. The summed E-state index contributed by atoms with van der Waals surface area (Å²) in [5, 5.41) is 9.59. The van der Waals surface area contributed by atoms with Gasteiger partial charge >= 0.3 is 0 Å². The van der Waals surface area contributed by atoms with Crippen LogP contribution in [0.1, 0.15) is 66.7 Å². The van der Waals surface area contributed by atoms with Gasteiger partial charge in [0.25, 0.3) is 0 Å². The van der Waals surface area contributed by atoms with Gasteiger partial charge in [-0.25, -0.2) is 8.42 Å². The highest BCUT2D eigenvalue weighted by atomic mass is 32.2. The molecule has 1 atom stereocenters. The number of sulfonamides is 1. The summed E-state index contributed by atoms with van der Waals surface area (Å²) in [5.41, 5.74) is 0. The predicted molar refractivity (Wildman–Crippen MR) is 117 cm³/mol. The molecule has 0 aromatic heterocycles. The van der Waals surface area contributed by atoms with Crippen LogP contribution in [0.5, 0.6) is 5.75 Å². The van der Waals surface area contributed by atoms with Crippen LogP contribution in [0.15, 0.2) is 29.2 Å². The van der Waals surface area contributed by atoms with Crippen LogP contribution in [0.3, 0.4) is 0 Å². The second-order valence-electron chi connectivity index (χ2n) is 7.22. The molecule has 1 aromatic rings. The molecule has 0 spiro atoms. The van der Waals surface area contributed by atoms with Gasteiger partial charge in [-0.3, -0.25) is 0 Å². The number of phenols is 1. The molecule has 3 rings (SSSR count). The molecule has 28 heavy (non-hydrogen) atoms. The van der Waals surface area contributed by atoms with Crippen LogP contribution in [-0.4, -0.2) is 55.0 Å². The van der Waals surface area contributed by atoms with Gasteiger partial charge in [0.15, 0.2) is 0 Å². The van der Waals surface area contributed by atoms with E-state index in [1.165, 1.54) is 25.0 Å². The summed E-state index contributed by atoms with van der Waals surface area (Å²) < 4.78 is 27.4. The smallest absolute Gasteiger partial charge is 0.243 e. The Hall–Kier alpha value is -1.11. The van der Waals surface area contributed by atoms with Gasteiger partial charge < -0.3 is 10.0 Å². The van der Waals surface area contributed by atoms with E-state index in [0.717, 1.165) is 44.8 Å². The summed E-state index contributed by atoms with van der Waals surface area (Å²) >= 11 is 0. The summed E-state index contributed by atoms with van der Waals surface area (Å²) in [6, 6.07) is 6.07. The van der Waals surface area contributed by atoms with Gasteiger partial charge in [-0.15, -0.1) is 0 Å². The molecule has 2 aliphatic heterocycles. The zero-order chi connectivity index (χ0) is 21.2. The highest BCUT2D eigenvalue weighted by Gasteiger charge is 2.35. The largest absolute Gasteiger partial charge is 0.508 e. The Morgan fingerprint density at radius 3 is 2.29 bits per heavy atom. The molecule has 6 heteroatoms. The molecule has 5 nitrogen and oxygen atoms in total. The summed E-state index contributed by atoms with van der Waals surface area (Å²) in [5.74, 6) is 0.810. The molecule has 1 aromatic carbocycles. The van der Waals surface area contributed by atoms with Crippen molar-refractivity contribution in [3.8, 4) is 5.75 Å². The van der Waals surface area contributed by atoms with Crippen LogP contribution in [0.4, 0.5) is 0 Å². The van der Waals surface area contributed by atoms with E-state index in [-0.39, 0.29) is 16.7 Å². The minimum Gasteiger partial charge on any atom is -0.508 e. The Bertz CT molecular complexity index is 656. The van der Waals surface area contributed by atoms with Gasteiger partial charge in [0.05, 0.1) is 4.90 Å². The van der Waals surface area contributed by atoms with Crippen molar-refractivity contribution >= 4 is 10.0 Å². The number of aromatic hydroxyl groups is 1. The first-order valence-electron chi connectivity index (χ1n) is 11.0. The van der Waals surface area contributed by atoms with Crippen molar-refractivity contribution in [3.05, 3.63) is 24.3 Å². The molecule has 0 bridgehead atoms. The first kappa shape index (κ1) is 24.9. The lowest BCUT2D eigenvalue weighted by Gasteiger charge is -2.32. The quantitative estimate of drug-likeness (QED) is 0.760. The zero-order valence-electron chi connectivity index (χ0n) is 18.4. The average Bonchev–Trinajstić information content (AvgIpc) is 3.20. The summed E-state index contributed by atoms with van der Waals surface area (Å²) in [4.78, 5) is 2.67. The number of phenolic OH excluding ortho intramolecular Hbond substituents is 1. The topological polar surface area (TPSA) is 60.9 Å². The van der Waals surface area contributed by atoms with Crippen molar-refractivity contribution in [3.63, 3.8) is 0 Å². The maximum Gasteiger partial charge on any atom is 0.243 e. The van der Waals surface area contributed by atoms with Crippen molar-refractivity contribution in [1.82, 2.24) is 9.21 Å². The lowest BCUT2D eigenvalue weighted by atomic mass is 9.99. The predicted octanol–water partition coefficient (Wildman–Crippen LogP) is 4.72. The molecular weight excluding hydrogens is 372 g/mol. The molecule has 2 heterocycles. The monoisotopic (exact) mass is 412 g/mol. The van der Waals surface area contributed by atoms with E-state index < -0.39 is 10.0 Å². The molecular formula is C22H40N2O3S. The number of hydrogen-bond acceptors (Lipinski definition) is 4. The van der Waals surface area contributed by atoms with Crippen LogP contribution in [0.25, 0.3) is 0 Å². The van der Waals surface area contributed by atoms with E-state index in [1.807, 2.05) is 27.7 Å². The first-order valence-corrected chi connectivity index (χ1v) is 12.4. The van der Waals surface area contributed by atoms with E-state index >= 15 is 0 Å². The number of piperidine rings is 1. The van der Waals surface area contributed by atoms with Gasteiger partial charge in [0.1, 0.15) is 5.75 Å². The fraction of sp³-hybridized carbons (Fsp3) is 0.727. The van der Waals surface area contributed by atoms with E-state index in [2.05, 4.69) is 11.8 Å². The molecule has 2 fully saturated rings. The SMILES string of the molecule is CC.CC.CC1CCN(CC[C@H]2CCCN2S(=O)(=O)c2cccc(O)c2)CC1. The Morgan fingerprint density at radius 1 is 1.04 bits per heavy atom. The Balaban J connectivity index is 0.000000921. The van der Waals surface area contributed by atoms with Crippen molar-refractivity contribution in [2.75, 3.05) is 26.2 Å². The third-order valence-corrected chi connectivity index (χ3v) is 7.35. The van der Waals surface area contributed by atoms with Gasteiger partial charge in [-0.05, 0) is 75.9 Å². The number of likely N-dealkylation sites (tertiary alicyclic amines) is 1. The Morgan fingerprint density at radius 2 is 1.68 bits per heavy atom. The van der Waals surface area contributed by atoms with Gasteiger partial charge in [0, 0.05) is 12.6 Å². The van der Waals surface area contributed by atoms with Crippen molar-refractivity contribution < 1.29 is 13.5 Å². The lowest BCUT2D eigenvalue weighted by Crippen LogP contribution is -2.40. The minimum absolute atomic E-state index is 0.00532. The summed E-state index contributed by atoms with van der Waals surface area (Å²) in [6.07, 6.45) is 5.24. The molecule has 1 N–H and O–H groups in total. The third-order valence-electron chi connectivity index (χ3n) is 5.40. The normalized spacial score (nSPS) is 21.4. The molecule has 0 unspecified atom stereocenters. The molecule has 0 aliphatic carbocycles. The Labute approximate surface area is 172 Å². The first-order chi connectivity index (χ1) is 13.5. The number of hydrogen-bond donors (Lipinski definition) is 1. The van der Waals surface area contributed by atoms with E-state index in [1.54, 1.807) is 16.4 Å². The van der Waals surface area contributed by atoms with Crippen LogP contribution >= 0.6 is 0 Å². The maximum absolute atomic E-state index is 12.9. The highest BCUT2D eigenvalue weighted by Crippen LogP contribution is 2.29. The molecule has 2 aliphatic rings. The summed E-state index contributed by atoms with van der Waals surface area (Å²) in [6.45, 7) is 14.1. The van der Waals surface area contributed by atoms with Gasteiger partial charge in [-0.1, -0.05) is 40.7 Å². The van der Waals surface area contributed by atoms with E-state index in [0.29, 0.717) is 6.54 Å². The number of benzene rings is 1. The molecule has 2 saturated heterocycles. The standard InChI is InChI=1S/C18H28N2O3S.2C2H6/c1-15-7-11-19(12-8-15)13-9-16-4-3-10-20(16)24(22,23)18-6-2-5-17(21)14-18;2*1-2/h2,5-6,14-16,21H,3-4,7-13H2,1H3;2*1-2H3/t16-;;/m1../s1. The highest BCUT2D eigenvalue weighted by molar-refractivity contribution is 7.89. The second-order valence-corrected chi connectivity index (χ2v) is 9.11. The van der Waals surface area contributed by atoms with Gasteiger partial charge in [-0.2, -0.15) is 4.31 Å². The molecule has 162 valence electrons. The molecule has 0 amide bonds. The second kappa shape index (κ2) is 12.5. The van der Waals surface area contributed by atoms with Gasteiger partial charge in [0.2, 0.25) is 10.0 Å². The fourth-order valence-electron chi connectivity index (χ4n) is 3.81. The average molecular weight is 413 g/mol. The van der Waals surface area contributed by atoms with E-state index in [4.69, 9.17) is 0 Å². The van der Waals surface area contributed by atoms with Crippen LogP contribution in [0.2, 0.25) is 0 Å². The number of rotatable bonds is 5. The number of nitrogens with zero attached hydrogens (tertiary/aromatic N) is 2. The zero-order valence-corrected chi connectivity index (χ0v) is 19.2. The van der Waals surface area contributed by atoms with Crippen LogP contribution in [-0.2, 0) is 10.0 Å². The van der Waals surface area contributed by atoms with Crippen molar-refractivity contribution in [1.29, 1.82) is 0 Å². The minimum atomic E-state index is -3.52. The van der Waals surface area contributed by atoms with Crippen LogP contribution in [0, 0.1) is 5.92 Å². The molecule has 0 saturated carbocycles. The third kappa shape index (κ3) is 6.75.